The third-order valence-corrected chi connectivity index (χ3v) is 4.60. The van der Waals surface area contributed by atoms with Gasteiger partial charge in [-0.2, -0.15) is 13.2 Å². The minimum atomic E-state index is -4.33. The van der Waals surface area contributed by atoms with Crippen LogP contribution in [0.3, 0.4) is 0 Å². The molecule has 0 amide bonds. The summed E-state index contributed by atoms with van der Waals surface area (Å²) >= 11 is 0. The molecule has 8 heteroatoms. The van der Waals surface area contributed by atoms with Crippen molar-refractivity contribution in [3.8, 4) is 0 Å². The molecule has 1 aromatic heterocycles. The average Bonchev–Trinajstić information content (AvgIpc) is 3.07. The molecule has 0 radical (unpaired) electrons. The minimum Gasteiger partial charge on any atom is -0.290 e. The van der Waals surface area contributed by atoms with Crippen LogP contribution in [0.15, 0.2) is 30.3 Å². The van der Waals surface area contributed by atoms with Gasteiger partial charge in [-0.1, -0.05) is 30.3 Å². The van der Waals surface area contributed by atoms with E-state index in [2.05, 4.69) is 39.5 Å². The van der Waals surface area contributed by atoms with Gasteiger partial charge in [0.25, 0.3) is 0 Å². The number of benzene rings is 1. The molecule has 0 N–H and O–H groups in total. The standard InChI is InChI=1S/C16H20F3N5/c1-15(10-13-6-3-2-4-7-13)8-5-9-23(15)11-14-20-21-22-24(14)12-16(17,18)19/h2-4,6-7H,5,8-12H2,1H3/t15-/m0/s1. The van der Waals surface area contributed by atoms with Crippen molar-refractivity contribution < 1.29 is 13.2 Å². The van der Waals surface area contributed by atoms with Crippen molar-refractivity contribution in [1.29, 1.82) is 0 Å². The van der Waals surface area contributed by atoms with Gasteiger partial charge in [-0.3, -0.25) is 4.90 Å². The average molecular weight is 339 g/mol. The molecule has 1 fully saturated rings. The summed E-state index contributed by atoms with van der Waals surface area (Å²) in [6, 6.07) is 10.1. The quantitative estimate of drug-likeness (QED) is 0.840. The Hall–Kier alpha value is -1.96. The molecule has 5 nitrogen and oxygen atoms in total. The van der Waals surface area contributed by atoms with Crippen LogP contribution in [-0.4, -0.2) is 43.4 Å². The number of halogens is 3. The van der Waals surface area contributed by atoms with Crippen molar-refractivity contribution in [2.45, 2.75) is 51.0 Å². The van der Waals surface area contributed by atoms with Gasteiger partial charge in [0, 0.05) is 5.54 Å². The van der Waals surface area contributed by atoms with E-state index in [1.165, 1.54) is 5.56 Å². The fraction of sp³-hybridized carbons (Fsp3) is 0.562. The van der Waals surface area contributed by atoms with Gasteiger partial charge in [-0.05, 0) is 48.7 Å². The van der Waals surface area contributed by atoms with Crippen LogP contribution in [0.4, 0.5) is 13.2 Å². The molecule has 0 unspecified atom stereocenters. The van der Waals surface area contributed by atoms with E-state index in [4.69, 9.17) is 0 Å². The molecule has 1 atom stereocenters. The van der Waals surface area contributed by atoms with E-state index in [1.807, 2.05) is 18.2 Å². The number of hydrogen-bond donors (Lipinski definition) is 0. The summed E-state index contributed by atoms with van der Waals surface area (Å²) in [6.07, 6.45) is -1.45. The number of tetrazole rings is 1. The monoisotopic (exact) mass is 339 g/mol. The van der Waals surface area contributed by atoms with Gasteiger partial charge >= 0.3 is 6.18 Å². The summed E-state index contributed by atoms with van der Waals surface area (Å²) in [7, 11) is 0. The van der Waals surface area contributed by atoms with Gasteiger partial charge in [-0.15, -0.1) is 5.10 Å². The molecule has 3 rings (SSSR count). The Morgan fingerprint density at radius 2 is 1.96 bits per heavy atom. The highest BCUT2D eigenvalue weighted by Crippen LogP contribution is 2.33. The van der Waals surface area contributed by atoms with Gasteiger partial charge in [-0.25, -0.2) is 4.68 Å². The summed E-state index contributed by atoms with van der Waals surface area (Å²) in [6.45, 7) is 2.16. The van der Waals surface area contributed by atoms with Crippen LogP contribution in [0.25, 0.3) is 0 Å². The van der Waals surface area contributed by atoms with E-state index < -0.39 is 12.7 Å². The first-order valence-electron chi connectivity index (χ1n) is 7.96. The SMILES string of the molecule is C[C@@]1(Cc2ccccc2)CCCN1Cc1nnnn1CC(F)(F)F. The summed E-state index contributed by atoms with van der Waals surface area (Å²) in [5.74, 6) is 0.258. The Morgan fingerprint density at radius 3 is 2.67 bits per heavy atom. The third-order valence-electron chi connectivity index (χ3n) is 4.60. The van der Waals surface area contributed by atoms with Crippen molar-refractivity contribution in [3.63, 3.8) is 0 Å². The number of nitrogens with zero attached hydrogens (tertiary/aromatic N) is 5. The van der Waals surface area contributed by atoms with Gasteiger partial charge < -0.3 is 0 Å². The third kappa shape index (κ3) is 3.92. The maximum absolute atomic E-state index is 12.6. The van der Waals surface area contributed by atoms with Gasteiger partial charge in [0.15, 0.2) is 5.82 Å². The van der Waals surface area contributed by atoms with Crippen molar-refractivity contribution >= 4 is 0 Å². The topological polar surface area (TPSA) is 46.8 Å². The Morgan fingerprint density at radius 1 is 1.21 bits per heavy atom. The van der Waals surface area contributed by atoms with Crippen LogP contribution in [0, 0.1) is 0 Å². The fourth-order valence-corrected chi connectivity index (χ4v) is 3.38. The van der Waals surface area contributed by atoms with E-state index in [9.17, 15) is 13.2 Å². The molecule has 1 aliphatic rings. The maximum Gasteiger partial charge on any atom is 0.408 e. The molecule has 0 spiro atoms. The second-order valence-corrected chi connectivity index (χ2v) is 6.55. The Kier molecular flexibility index (Phi) is 4.58. The highest BCUT2D eigenvalue weighted by molar-refractivity contribution is 5.18. The number of alkyl halides is 3. The van der Waals surface area contributed by atoms with Crippen LogP contribution in [-0.2, 0) is 19.5 Å². The lowest BCUT2D eigenvalue weighted by molar-refractivity contribution is -0.143. The van der Waals surface area contributed by atoms with Crippen molar-refractivity contribution in [1.82, 2.24) is 25.1 Å². The highest BCUT2D eigenvalue weighted by atomic mass is 19.4. The largest absolute Gasteiger partial charge is 0.408 e. The van der Waals surface area contributed by atoms with Gasteiger partial charge in [0.2, 0.25) is 0 Å². The second kappa shape index (κ2) is 6.51. The second-order valence-electron chi connectivity index (χ2n) is 6.55. The molecule has 2 aromatic rings. The molecule has 0 aliphatic carbocycles. The molecule has 1 aromatic carbocycles. The van der Waals surface area contributed by atoms with Crippen LogP contribution in [0.5, 0.6) is 0 Å². The number of aromatic nitrogens is 4. The Balaban J connectivity index is 1.74. The number of hydrogen-bond acceptors (Lipinski definition) is 4. The van der Waals surface area contributed by atoms with E-state index in [-0.39, 0.29) is 11.4 Å². The number of rotatable bonds is 5. The van der Waals surface area contributed by atoms with E-state index in [0.717, 1.165) is 30.5 Å². The Labute approximate surface area is 138 Å². The fourth-order valence-electron chi connectivity index (χ4n) is 3.38. The maximum atomic E-state index is 12.6. The molecule has 24 heavy (non-hydrogen) atoms. The van der Waals surface area contributed by atoms with Crippen molar-refractivity contribution in [3.05, 3.63) is 41.7 Å². The first-order valence-corrected chi connectivity index (χ1v) is 7.96. The molecule has 130 valence electrons. The van der Waals surface area contributed by atoms with Gasteiger partial charge in [0.05, 0.1) is 6.54 Å². The van der Waals surface area contributed by atoms with Crippen LogP contribution >= 0.6 is 0 Å². The smallest absolute Gasteiger partial charge is 0.290 e. The first kappa shape index (κ1) is 16.9. The van der Waals surface area contributed by atoms with E-state index in [0.29, 0.717) is 6.54 Å². The zero-order chi connectivity index (χ0) is 17.2. The van der Waals surface area contributed by atoms with Crippen molar-refractivity contribution in [2.75, 3.05) is 6.54 Å². The molecule has 1 saturated heterocycles. The molecular formula is C16H20F3N5. The summed E-state index contributed by atoms with van der Waals surface area (Å²) in [4.78, 5) is 2.19. The minimum absolute atomic E-state index is 0.101. The lowest BCUT2D eigenvalue weighted by Crippen LogP contribution is -2.43. The zero-order valence-corrected chi connectivity index (χ0v) is 13.5. The van der Waals surface area contributed by atoms with Crippen LogP contribution in [0.2, 0.25) is 0 Å². The van der Waals surface area contributed by atoms with E-state index >= 15 is 0 Å². The zero-order valence-electron chi connectivity index (χ0n) is 13.5. The molecule has 1 aliphatic heterocycles. The van der Waals surface area contributed by atoms with Crippen LogP contribution in [0.1, 0.15) is 31.2 Å². The summed E-state index contributed by atoms with van der Waals surface area (Å²) in [5, 5.41) is 10.7. The van der Waals surface area contributed by atoms with E-state index in [1.54, 1.807) is 0 Å². The molecular weight excluding hydrogens is 319 g/mol. The molecule has 2 heterocycles. The highest BCUT2D eigenvalue weighted by Gasteiger charge is 2.38. The summed E-state index contributed by atoms with van der Waals surface area (Å²) in [5.41, 5.74) is 1.12. The molecule has 0 bridgehead atoms. The van der Waals surface area contributed by atoms with Gasteiger partial charge in [0.1, 0.15) is 6.54 Å². The summed E-state index contributed by atoms with van der Waals surface area (Å²) < 4.78 is 38.7. The predicted octanol–water partition coefficient (Wildman–Crippen LogP) is 2.83. The normalized spacial score (nSPS) is 22.2. The first-order chi connectivity index (χ1) is 11.4. The van der Waals surface area contributed by atoms with Crippen LogP contribution < -0.4 is 0 Å². The predicted molar refractivity (Wildman–Crippen MR) is 82.1 cm³/mol. The Bertz CT molecular complexity index is 670. The van der Waals surface area contributed by atoms with Crippen molar-refractivity contribution in [2.24, 2.45) is 0 Å². The lowest BCUT2D eigenvalue weighted by atomic mass is 9.90. The lowest BCUT2D eigenvalue weighted by Gasteiger charge is -2.35. The number of likely N-dealkylation sites (tertiary alicyclic amines) is 1. The molecule has 0 saturated carbocycles.